The predicted molar refractivity (Wildman–Crippen MR) is 61.1 cm³/mol. The Labute approximate surface area is 97.6 Å². The molecule has 0 bridgehead atoms. The second-order valence-corrected chi connectivity index (χ2v) is 6.17. The van der Waals surface area contributed by atoms with Crippen LogP contribution in [0.2, 0.25) is 0 Å². The monoisotopic (exact) mass is 263 g/mol. The number of rotatable bonds is 5. The molecule has 1 aromatic rings. The summed E-state index contributed by atoms with van der Waals surface area (Å²) in [5.74, 6) is -0.0917. The zero-order chi connectivity index (χ0) is 12.2. The molecule has 1 aromatic carbocycles. The molecule has 0 atom stereocenters. The molecular formula is C9H10ClNO4S. The van der Waals surface area contributed by atoms with Crippen molar-refractivity contribution in [1.29, 1.82) is 0 Å². The number of non-ortho nitro benzene ring substituents is 1. The number of halogens is 1. The summed E-state index contributed by atoms with van der Waals surface area (Å²) in [5.41, 5.74) is 0.875. The number of nitro groups is 1. The van der Waals surface area contributed by atoms with Crippen LogP contribution in [0.25, 0.3) is 0 Å². The Morgan fingerprint density at radius 1 is 1.25 bits per heavy atom. The standard InChI is InChI=1S/C9H10ClNO4S/c10-16(14,15)7-1-2-8-3-5-9(6-4-8)11(12)13/h3-6H,1-2,7H2. The van der Waals surface area contributed by atoms with Gasteiger partial charge in [0, 0.05) is 22.8 Å². The zero-order valence-electron chi connectivity index (χ0n) is 8.30. The molecule has 0 N–H and O–H groups in total. The van der Waals surface area contributed by atoms with E-state index in [1.807, 2.05) is 0 Å². The van der Waals surface area contributed by atoms with Crippen molar-refractivity contribution >= 4 is 25.4 Å². The van der Waals surface area contributed by atoms with Gasteiger partial charge in [-0.05, 0) is 18.4 Å². The van der Waals surface area contributed by atoms with E-state index in [4.69, 9.17) is 10.7 Å². The quantitative estimate of drug-likeness (QED) is 0.463. The molecule has 0 heterocycles. The molecule has 0 amide bonds. The van der Waals surface area contributed by atoms with Gasteiger partial charge >= 0.3 is 0 Å². The van der Waals surface area contributed by atoms with Crippen LogP contribution in [0, 0.1) is 10.1 Å². The van der Waals surface area contributed by atoms with Gasteiger partial charge in [-0.15, -0.1) is 0 Å². The highest BCUT2D eigenvalue weighted by Crippen LogP contribution is 2.13. The van der Waals surface area contributed by atoms with E-state index in [1.54, 1.807) is 12.1 Å². The van der Waals surface area contributed by atoms with Gasteiger partial charge in [0.15, 0.2) is 0 Å². The summed E-state index contributed by atoms with van der Waals surface area (Å²) < 4.78 is 21.3. The van der Waals surface area contributed by atoms with E-state index in [0.29, 0.717) is 12.8 Å². The van der Waals surface area contributed by atoms with Crippen LogP contribution in [0.1, 0.15) is 12.0 Å². The molecule has 16 heavy (non-hydrogen) atoms. The van der Waals surface area contributed by atoms with Crippen LogP contribution in [-0.2, 0) is 15.5 Å². The first-order valence-corrected chi connectivity index (χ1v) is 7.02. The number of hydrogen-bond donors (Lipinski definition) is 0. The lowest BCUT2D eigenvalue weighted by molar-refractivity contribution is -0.384. The molecule has 0 fully saturated rings. The van der Waals surface area contributed by atoms with E-state index >= 15 is 0 Å². The molecule has 0 aliphatic carbocycles. The topological polar surface area (TPSA) is 77.3 Å². The van der Waals surface area contributed by atoms with Crippen LogP contribution in [0.15, 0.2) is 24.3 Å². The highest BCUT2D eigenvalue weighted by molar-refractivity contribution is 8.13. The lowest BCUT2D eigenvalue weighted by Crippen LogP contribution is -1.99. The average molecular weight is 264 g/mol. The Morgan fingerprint density at radius 2 is 1.81 bits per heavy atom. The lowest BCUT2D eigenvalue weighted by Gasteiger charge is -1.99. The highest BCUT2D eigenvalue weighted by atomic mass is 35.7. The van der Waals surface area contributed by atoms with Gasteiger partial charge in [0.1, 0.15) is 0 Å². The van der Waals surface area contributed by atoms with Crippen molar-refractivity contribution in [3.05, 3.63) is 39.9 Å². The lowest BCUT2D eigenvalue weighted by atomic mass is 10.1. The van der Waals surface area contributed by atoms with Crippen molar-refractivity contribution in [3.63, 3.8) is 0 Å². The van der Waals surface area contributed by atoms with Gasteiger partial charge in [-0.3, -0.25) is 10.1 Å². The zero-order valence-corrected chi connectivity index (χ0v) is 9.87. The van der Waals surface area contributed by atoms with Crippen LogP contribution in [0.5, 0.6) is 0 Å². The Bertz CT molecular complexity index is 469. The average Bonchev–Trinajstić information content (AvgIpc) is 2.16. The number of aryl methyl sites for hydroxylation is 1. The molecule has 0 aromatic heterocycles. The van der Waals surface area contributed by atoms with E-state index in [0.717, 1.165) is 5.56 Å². The first-order valence-electron chi connectivity index (χ1n) is 4.54. The van der Waals surface area contributed by atoms with Crippen LogP contribution in [-0.4, -0.2) is 19.1 Å². The summed E-state index contributed by atoms with van der Waals surface area (Å²) >= 11 is 0. The van der Waals surface area contributed by atoms with Crippen LogP contribution < -0.4 is 0 Å². The molecule has 5 nitrogen and oxygen atoms in total. The van der Waals surface area contributed by atoms with Gasteiger partial charge in [-0.25, -0.2) is 8.42 Å². The van der Waals surface area contributed by atoms with Crippen LogP contribution >= 0.6 is 10.7 Å². The van der Waals surface area contributed by atoms with Crippen molar-refractivity contribution in [2.24, 2.45) is 0 Å². The first-order chi connectivity index (χ1) is 7.38. The van der Waals surface area contributed by atoms with Crippen LogP contribution in [0.3, 0.4) is 0 Å². The second kappa shape index (κ2) is 5.27. The van der Waals surface area contributed by atoms with E-state index in [9.17, 15) is 18.5 Å². The predicted octanol–water partition coefficient (Wildman–Crippen LogP) is 2.10. The van der Waals surface area contributed by atoms with Gasteiger partial charge in [-0.1, -0.05) is 12.1 Å². The Balaban J connectivity index is 2.53. The third kappa shape index (κ3) is 4.59. The molecule has 0 aliphatic heterocycles. The maximum absolute atomic E-state index is 10.6. The van der Waals surface area contributed by atoms with Gasteiger partial charge in [0.2, 0.25) is 9.05 Å². The molecule has 0 aliphatic rings. The number of nitrogens with zero attached hydrogens (tertiary/aromatic N) is 1. The second-order valence-electron chi connectivity index (χ2n) is 3.27. The molecule has 0 saturated carbocycles. The maximum Gasteiger partial charge on any atom is 0.269 e. The fourth-order valence-electron chi connectivity index (χ4n) is 1.23. The Hall–Kier alpha value is -1.14. The fraction of sp³-hybridized carbons (Fsp3) is 0.333. The van der Waals surface area contributed by atoms with E-state index < -0.39 is 14.0 Å². The highest BCUT2D eigenvalue weighted by Gasteiger charge is 2.06. The van der Waals surface area contributed by atoms with Gasteiger partial charge in [0.05, 0.1) is 10.7 Å². The number of benzene rings is 1. The van der Waals surface area contributed by atoms with E-state index in [-0.39, 0.29) is 11.4 Å². The normalized spacial score (nSPS) is 11.3. The van der Waals surface area contributed by atoms with Crippen molar-refractivity contribution in [2.45, 2.75) is 12.8 Å². The molecule has 0 unspecified atom stereocenters. The summed E-state index contributed by atoms with van der Waals surface area (Å²) in [4.78, 5) is 9.89. The SMILES string of the molecule is O=[N+]([O-])c1ccc(CCCS(=O)(=O)Cl)cc1. The van der Waals surface area contributed by atoms with Crippen molar-refractivity contribution < 1.29 is 13.3 Å². The maximum atomic E-state index is 10.6. The Morgan fingerprint density at radius 3 is 2.25 bits per heavy atom. The van der Waals surface area contributed by atoms with E-state index in [2.05, 4.69) is 0 Å². The number of nitro benzene ring substituents is 1. The first kappa shape index (κ1) is 12.9. The Kier molecular flexibility index (Phi) is 4.26. The molecule has 0 radical (unpaired) electrons. The number of hydrogen-bond acceptors (Lipinski definition) is 4. The summed E-state index contributed by atoms with van der Waals surface area (Å²) in [6, 6.07) is 6.01. The van der Waals surface area contributed by atoms with Crippen LogP contribution in [0.4, 0.5) is 5.69 Å². The minimum Gasteiger partial charge on any atom is -0.258 e. The van der Waals surface area contributed by atoms with Gasteiger partial charge in [-0.2, -0.15) is 0 Å². The van der Waals surface area contributed by atoms with Gasteiger partial charge < -0.3 is 0 Å². The largest absolute Gasteiger partial charge is 0.269 e. The molecule has 0 spiro atoms. The fourth-order valence-corrected chi connectivity index (χ4v) is 2.05. The summed E-state index contributed by atoms with van der Waals surface area (Å²) in [5, 5.41) is 10.4. The molecule has 1 rings (SSSR count). The van der Waals surface area contributed by atoms with Crippen molar-refractivity contribution in [2.75, 3.05) is 5.75 Å². The summed E-state index contributed by atoms with van der Waals surface area (Å²) in [6.07, 6.45) is 0.938. The summed E-state index contributed by atoms with van der Waals surface area (Å²) in [7, 11) is 1.60. The smallest absolute Gasteiger partial charge is 0.258 e. The molecule has 88 valence electrons. The third-order valence-corrected chi connectivity index (χ3v) is 3.24. The molecule has 0 saturated heterocycles. The minimum atomic E-state index is -3.45. The third-order valence-electron chi connectivity index (χ3n) is 2.00. The van der Waals surface area contributed by atoms with Crippen molar-refractivity contribution in [3.8, 4) is 0 Å². The summed E-state index contributed by atoms with van der Waals surface area (Å²) in [6.45, 7) is 0. The van der Waals surface area contributed by atoms with Crippen molar-refractivity contribution in [1.82, 2.24) is 0 Å². The van der Waals surface area contributed by atoms with Gasteiger partial charge in [0.25, 0.3) is 5.69 Å². The molecular weight excluding hydrogens is 254 g/mol. The molecule has 7 heteroatoms. The minimum absolute atomic E-state index is 0.0220. The van der Waals surface area contributed by atoms with E-state index in [1.165, 1.54) is 12.1 Å².